The van der Waals surface area contributed by atoms with E-state index < -0.39 is 12.0 Å². The van der Waals surface area contributed by atoms with Crippen LogP contribution in [0, 0.1) is 13.5 Å². The minimum Gasteiger partial charge on any atom is -0.483 e. The van der Waals surface area contributed by atoms with Crippen LogP contribution in [-0.4, -0.2) is 133 Å². The normalized spacial score (nSPS) is 16.6. The Balaban J connectivity index is 0.000000340. The summed E-state index contributed by atoms with van der Waals surface area (Å²) in [5.74, 6) is -0.661. The molecule has 1 atom stereocenters. The van der Waals surface area contributed by atoms with Crippen molar-refractivity contribution in [1.29, 1.82) is 0 Å². The minimum atomic E-state index is -1.14. The van der Waals surface area contributed by atoms with E-state index in [2.05, 4.69) is 37.3 Å². The molecule has 4 heterocycles. The number of carbonyl (C=O) groups is 6. The van der Waals surface area contributed by atoms with Gasteiger partial charge in [0, 0.05) is 88.2 Å². The van der Waals surface area contributed by atoms with Gasteiger partial charge in [0.2, 0.25) is 11.8 Å². The Bertz CT molecular complexity index is 2240. The summed E-state index contributed by atoms with van der Waals surface area (Å²) >= 11 is 9.36. The van der Waals surface area contributed by atoms with Crippen molar-refractivity contribution < 1.29 is 95.1 Å². The van der Waals surface area contributed by atoms with Crippen molar-refractivity contribution >= 4 is 82.9 Å². The number of aliphatic hydroxyl groups is 1. The topological polar surface area (TPSA) is 198 Å². The van der Waals surface area contributed by atoms with Crippen LogP contribution in [0.4, 0.5) is 11.4 Å². The second kappa shape index (κ2) is 31.0. The number of hydrogen-bond donors (Lipinski definition) is 5. The molecule has 4 aromatic rings. The van der Waals surface area contributed by atoms with E-state index in [9.17, 15) is 33.9 Å². The van der Waals surface area contributed by atoms with Gasteiger partial charge in [0.25, 0.3) is 0 Å². The number of rotatable bonds is 19. The number of hydrogen-bond acceptors (Lipinski definition) is 15. The molecule has 1 unspecified atom stereocenters. The van der Waals surface area contributed by atoms with Gasteiger partial charge in [0.15, 0.2) is 16.9 Å². The SMILES string of the molecule is CN(Cc1c(C=O)cccc1NC1CCN(CCC=O)CC1)C1CCC(=O)NC1=O.CO.O=CCOc1c(C(=O)O)sc(-c2cccc(NC3CCN(SCc4c[c-]ccc4)CC3)c2)c1Cl.[CH3-].[K+]. The third kappa shape index (κ3) is 17.4. The predicted octanol–water partition coefficient (Wildman–Crippen LogP) is 4.13. The molecule has 0 radical (unpaired) electrons. The average Bonchev–Trinajstić information content (AvgIpc) is 3.67. The van der Waals surface area contributed by atoms with Gasteiger partial charge in [-0.3, -0.25) is 33.7 Å². The number of halogens is 1. The minimum absolute atomic E-state index is 0. The molecular formula is C49H61ClKN6O9S2-. The molecule has 1 aromatic heterocycles. The van der Waals surface area contributed by atoms with Crippen molar-refractivity contribution in [3.8, 4) is 16.2 Å². The molecular weight excluding hydrogens is 955 g/mol. The zero-order valence-electron chi connectivity index (χ0n) is 39.2. The molecule has 0 spiro atoms. The van der Waals surface area contributed by atoms with Gasteiger partial charge in [-0.2, -0.15) is 30.3 Å². The third-order valence-electron chi connectivity index (χ3n) is 11.4. The van der Waals surface area contributed by atoms with Gasteiger partial charge in [0.05, 0.1) is 10.9 Å². The number of thiophene rings is 1. The molecule has 3 fully saturated rings. The molecule has 68 heavy (non-hydrogen) atoms. The van der Waals surface area contributed by atoms with E-state index >= 15 is 0 Å². The number of piperidine rings is 3. The van der Waals surface area contributed by atoms with Crippen molar-refractivity contribution in [2.75, 3.05) is 64.1 Å². The van der Waals surface area contributed by atoms with Crippen molar-refractivity contribution in [2.24, 2.45) is 0 Å². The fourth-order valence-electron chi connectivity index (χ4n) is 8.02. The van der Waals surface area contributed by atoms with Crippen LogP contribution in [0.15, 0.2) is 66.7 Å². The zero-order chi connectivity index (χ0) is 47.4. The van der Waals surface area contributed by atoms with E-state index in [4.69, 9.17) is 21.4 Å². The average molecular weight is 1020 g/mol. The molecule has 15 nitrogen and oxygen atoms in total. The number of likely N-dealkylation sites (N-methyl/N-ethyl adjacent to an activating group) is 1. The van der Waals surface area contributed by atoms with Crippen LogP contribution in [0.1, 0.15) is 76.1 Å². The van der Waals surface area contributed by atoms with Crippen LogP contribution in [0.2, 0.25) is 5.02 Å². The van der Waals surface area contributed by atoms with Gasteiger partial charge in [-0.25, -0.2) is 4.79 Å². The van der Waals surface area contributed by atoms with Crippen LogP contribution < -0.4 is 72.1 Å². The second-order valence-electron chi connectivity index (χ2n) is 15.9. The van der Waals surface area contributed by atoms with Crippen molar-refractivity contribution in [1.82, 2.24) is 19.4 Å². The number of amides is 2. The maximum absolute atomic E-state index is 12.2. The number of anilines is 2. The Morgan fingerprint density at radius 3 is 2.34 bits per heavy atom. The van der Waals surface area contributed by atoms with E-state index in [1.807, 2.05) is 78.5 Å². The summed E-state index contributed by atoms with van der Waals surface area (Å²) in [6.07, 6.45) is 7.73. The molecule has 362 valence electrons. The molecule has 5 N–H and O–H groups in total. The smallest absolute Gasteiger partial charge is 0.483 e. The Hall–Kier alpha value is -3.50. The molecule has 2 amide bonds. The zero-order valence-corrected chi connectivity index (χ0v) is 44.7. The Labute approximate surface area is 455 Å². The van der Waals surface area contributed by atoms with E-state index in [0.29, 0.717) is 54.6 Å². The number of imide groups is 1. The van der Waals surface area contributed by atoms with E-state index in [0.717, 1.165) is 118 Å². The first kappa shape index (κ1) is 58.8. The van der Waals surface area contributed by atoms with Crippen LogP contribution in [0.3, 0.4) is 0 Å². The molecule has 0 saturated carbocycles. The summed E-state index contributed by atoms with van der Waals surface area (Å²) < 4.78 is 7.71. The molecule has 7 rings (SSSR count). The largest absolute Gasteiger partial charge is 1.00 e. The number of aliphatic hydroxyl groups excluding tert-OH is 1. The summed E-state index contributed by atoms with van der Waals surface area (Å²) in [6.45, 7) is 4.87. The van der Waals surface area contributed by atoms with Crippen LogP contribution in [0.5, 0.6) is 5.75 Å². The monoisotopic (exact) mass is 1020 g/mol. The number of nitrogens with zero attached hydrogens (tertiary/aromatic N) is 3. The molecule has 3 aliphatic rings. The summed E-state index contributed by atoms with van der Waals surface area (Å²) in [6, 6.07) is 24.9. The van der Waals surface area contributed by atoms with Gasteiger partial charge in [0.1, 0.15) is 24.2 Å². The molecule has 3 aromatic carbocycles. The standard InChI is InChI=1S/C25H24ClN2O4S2.C22H30N4O4.CH4O.CH3.K/c26-21-22(32-14-13-29)24(25(30)31)34-23(21)18-7-4-8-20(15-18)27-19-9-11-28(12-10-19)33-16-17-5-2-1-3-6-17;1-25(20-6-7-21(29)24-22(20)30)14-18-16(15-28)4-2-5-19(18)23-17-8-11-26(12-9-17)10-3-13-27;1-2;;/h1-2,4-8,13,15,19,27H,9-12,14,16H2,(H,30,31);2,4-5,13,15,17,20,23H,3,6-12,14H2,1H3,(H,24,29,30);2H,1H3;1H3;/q-1;;;-1;+1. The molecule has 0 bridgehead atoms. The van der Waals surface area contributed by atoms with Crippen molar-refractivity contribution in [2.45, 2.75) is 75.4 Å². The number of carboxylic acids is 1. The summed E-state index contributed by atoms with van der Waals surface area (Å²) in [4.78, 5) is 73.0. The van der Waals surface area contributed by atoms with E-state index in [-0.39, 0.29) is 92.9 Å². The number of benzene rings is 3. The quantitative estimate of drug-likeness (QED) is 0.0295. The number of likely N-dealkylation sites (tertiary alicyclic amines) is 1. The first-order chi connectivity index (χ1) is 32.1. The van der Waals surface area contributed by atoms with E-state index in [1.165, 1.54) is 5.56 Å². The molecule has 19 heteroatoms. The number of carbonyl (C=O) groups excluding carboxylic acids is 5. The number of carboxylic acid groups (broad SMARTS) is 1. The van der Waals surface area contributed by atoms with Gasteiger partial charge < -0.3 is 42.7 Å². The number of aldehydes is 3. The number of nitrogens with one attached hydrogen (secondary N) is 3. The first-order valence-electron chi connectivity index (χ1n) is 21.9. The molecule has 3 saturated heterocycles. The van der Waals surface area contributed by atoms with Crippen LogP contribution >= 0.6 is 34.9 Å². The Morgan fingerprint density at radius 1 is 0.985 bits per heavy atom. The van der Waals surface area contributed by atoms with Gasteiger partial charge >= 0.3 is 57.4 Å². The molecule has 0 aliphatic carbocycles. The molecule has 3 aliphatic heterocycles. The van der Waals surface area contributed by atoms with Crippen molar-refractivity contribution in [3.05, 3.63) is 107 Å². The summed E-state index contributed by atoms with van der Waals surface area (Å²) in [5, 5.41) is 26.3. The second-order valence-corrected chi connectivity index (χ2v) is 18.4. The third-order valence-corrected chi connectivity index (χ3v) is 14.3. The van der Waals surface area contributed by atoms with Gasteiger partial charge in [-0.15, -0.1) is 16.9 Å². The Morgan fingerprint density at radius 2 is 1.69 bits per heavy atom. The first-order valence-corrected chi connectivity index (χ1v) is 24.0. The fourth-order valence-corrected chi connectivity index (χ4v) is 10.4. The van der Waals surface area contributed by atoms with Crippen molar-refractivity contribution in [3.63, 3.8) is 0 Å². The van der Waals surface area contributed by atoms with Crippen LogP contribution in [-0.2, 0) is 31.5 Å². The summed E-state index contributed by atoms with van der Waals surface area (Å²) in [7, 11) is 2.84. The van der Waals surface area contributed by atoms with Gasteiger partial charge in [-0.05, 0) is 74.2 Å². The number of aromatic carboxylic acids is 1. The maximum atomic E-state index is 12.2. The Kier molecular flexibility index (Phi) is 26.8. The fraction of sp³-hybridized carbons (Fsp3) is 0.408. The maximum Gasteiger partial charge on any atom is 1.00 e. The summed E-state index contributed by atoms with van der Waals surface area (Å²) in [5.41, 5.74) is 5.41. The predicted molar refractivity (Wildman–Crippen MR) is 266 cm³/mol. The van der Waals surface area contributed by atoms with Gasteiger partial charge in [-0.1, -0.05) is 47.8 Å². The van der Waals surface area contributed by atoms with Crippen LogP contribution in [0.25, 0.3) is 10.4 Å². The van der Waals surface area contributed by atoms with E-state index in [1.54, 1.807) is 6.07 Å². The number of ether oxygens (including phenoxy) is 1.